The van der Waals surface area contributed by atoms with E-state index in [9.17, 15) is 14.7 Å². The van der Waals surface area contributed by atoms with Crippen molar-refractivity contribution in [3.05, 3.63) is 0 Å². The number of hydrogen-bond donors (Lipinski definition) is 1. The van der Waals surface area contributed by atoms with Gasteiger partial charge in [0.2, 0.25) is 5.91 Å². The molecular formula is C14H23NO3. The number of hydrogen-bond acceptors (Lipinski definition) is 2. The van der Waals surface area contributed by atoms with Gasteiger partial charge in [-0.15, -0.1) is 0 Å². The zero-order valence-electron chi connectivity index (χ0n) is 11.4. The maximum atomic E-state index is 12.3. The molecule has 4 nitrogen and oxygen atoms in total. The number of amides is 1. The van der Waals surface area contributed by atoms with E-state index < -0.39 is 11.9 Å². The summed E-state index contributed by atoms with van der Waals surface area (Å²) < 4.78 is 0. The average molecular weight is 253 g/mol. The zero-order valence-corrected chi connectivity index (χ0v) is 11.4. The van der Waals surface area contributed by atoms with Crippen LogP contribution in [-0.4, -0.2) is 35.5 Å². The van der Waals surface area contributed by atoms with Crippen LogP contribution in [0.25, 0.3) is 0 Å². The second kappa shape index (κ2) is 4.90. The Morgan fingerprint density at radius 3 is 2.22 bits per heavy atom. The minimum Gasteiger partial charge on any atom is -0.481 e. The SMILES string of the molecule is CC1C[C@H](C(=O)N(C)CC2CC2C)[C@H](C(=O)O)C1. The van der Waals surface area contributed by atoms with E-state index in [1.165, 1.54) is 6.42 Å². The maximum Gasteiger partial charge on any atom is 0.307 e. The molecule has 1 N–H and O–H groups in total. The Balaban J connectivity index is 1.96. The highest BCUT2D eigenvalue weighted by Gasteiger charge is 2.43. The molecule has 0 aromatic rings. The summed E-state index contributed by atoms with van der Waals surface area (Å²) in [5, 5.41) is 9.20. The lowest BCUT2D eigenvalue weighted by atomic mass is 9.95. The molecule has 2 fully saturated rings. The van der Waals surface area contributed by atoms with Crippen LogP contribution in [0.4, 0.5) is 0 Å². The van der Waals surface area contributed by atoms with Gasteiger partial charge in [-0.25, -0.2) is 0 Å². The van der Waals surface area contributed by atoms with Crippen molar-refractivity contribution in [3.8, 4) is 0 Å². The molecule has 102 valence electrons. The molecule has 2 aliphatic rings. The third kappa shape index (κ3) is 2.68. The lowest BCUT2D eigenvalue weighted by Gasteiger charge is -2.23. The first-order valence-electron chi connectivity index (χ1n) is 6.88. The summed E-state index contributed by atoms with van der Waals surface area (Å²) in [6.45, 7) is 5.02. The summed E-state index contributed by atoms with van der Waals surface area (Å²) in [5.74, 6) is 0.118. The van der Waals surface area contributed by atoms with Gasteiger partial charge in [0.05, 0.1) is 11.8 Å². The lowest BCUT2D eigenvalue weighted by molar-refractivity contribution is -0.148. The summed E-state index contributed by atoms with van der Waals surface area (Å²) >= 11 is 0. The minimum absolute atomic E-state index is 0.0332. The van der Waals surface area contributed by atoms with Crippen molar-refractivity contribution in [2.75, 3.05) is 13.6 Å². The topological polar surface area (TPSA) is 57.6 Å². The first-order valence-corrected chi connectivity index (χ1v) is 6.88. The molecule has 0 saturated heterocycles. The van der Waals surface area contributed by atoms with Crippen molar-refractivity contribution < 1.29 is 14.7 Å². The number of carboxylic acids is 1. The number of aliphatic carboxylic acids is 1. The van der Waals surface area contributed by atoms with Crippen molar-refractivity contribution in [1.82, 2.24) is 4.90 Å². The van der Waals surface area contributed by atoms with Crippen LogP contribution in [0.1, 0.15) is 33.1 Å². The Kier molecular flexibility index (Phi) is 3.64. The Morgan fingerprint density at radius 2 is 1.72 bits per heavy atom. The zero-order chi connectivity index (χ0) is 13.4. The normalized spacial score (nSPS) is 38.5. The molecule has 3 unspecified atom stereocenters. The second-order valence-electron chi connectivity index (χ2n) is 6.32. The van der Waals surface area contributed by atoms with E-state index in [4.69, 9.17) is 0 Å². The number of carbonyl (C=O) groups excluding carboxylic acids is 1. The molecule has 0 heterocycles. The van der Waals surface area contributed by atoms with E-state index in [0.717, 1.165) is 18.9 Å². The van der Waals surface area contributed by atoms with Crippen LogP contribution in [0.15, 0.2) is 0 Å². The van der Waals surface area contributed by atoms with Crippen LogP contribution in [0.5, 0.6) is 0 Å². The Hall–Kier alpha value is -1.06. The van der Waals surface area contributed by atoms with Crippen LogP contribution in [0.3, 0.4) is 0 Å². The summed E-state index contributed by atoms with van der Waals surface area (Å²) in [6, 6.07) is 0. The Morgan fingerprint density at radius 1 is 1.17 bits per heavy atom. The monoisotopic (exact) mass is 253 g/mol. The van der Waals surface area contributed by atoms with Gasteiger partial charge in [-0.05, 0) is 37.0 Å². The Labute approximate surface area is 108 Å². The van der Waals surface area contributed by atoms with Gasteiger partial charge in [0.1, 0.15) is 0 Å². The first kappa shape index (κ1) is 13.4. The molecule has 0 radical (unpaired) electrons. The molecular weight excluding hydrogens is 230 g/mol. The first-order chi connectivity index (χ1) is 8.40. The summed E-state index contributed by atoms with van der Waals surface area (Å²) in [5.41, 5.74) is 0. The minimum atomic E-state index is -0.814. The molecule has 5 atom stereocenters. The quantitative estimate of drug-likeness (QED) is 0.831. The van der Waals surface area contributed by atoms with Crippen molar-refractivity contribution in [1.29, 1.82) is 0 Å². The Bertz CT molecular complexity index is 355. The summed E-state index contributed by atoms with van der Waals surface area (Å²) in [6.07, 6.45) is 2.56. The van der Waals surface area contributed by atoms with E-state index >= 15 is 0 Å². The molecule has 2 rings (SSSR count). The molecule has 1 amide bonds. The van der Waals surface area contributed by atoms with Gasteiger partial charge in [0.15, 0.2) is 0 Å². The highest BCUT2D eigenvalue weighted by atomic mass is 16.4. The molecule has 0 bridgehead atoms. The lowest BCUT2D eigenvalue weighted by Crippen LogP contribution is -2.38. The molecule has 0 aliphatic heterocycles. The van der Waals surface area contributed by atoms with Gasteiger partial charge in [0.25, 0.3) is 0 Å². The van der Waals surface area contributed by atoms with Crippen LogP contribution in [0.2, 0.25) is 0 Å². The molecule has 18 heavy (non-hydrogen) atoms. The average Bonchev–Trinajstić information content (AvgIpc) is 2.83. The van der Waals surface area contributed by atoms with Crippen molar-refractivity contribution in [2.24, 2.45) is 29.6 Å². The van der Waals surface area contributed by atoms with Crippen molar-refractivity contribution in [2.45, 2.75) is 33.1 Å². The highest BCUT2D eigenvalue weighted by molar-refractivity contribution is 5.85. The maximum absolute atomic E-state index is 12.3. The number of carboxylic acid groups (broad SMARTS) is 1. The predicted molar refractivity (Wildman–Crippen MR) is 67.9 cm³/mol. The summed E-state index contributed by atoms with van der Waals surface area (Å²) in [4.78, 5) is 25.3. The molecule has 4 heteroatoms. The van der Waals surface area contributed by atoms with E-state index in [1.807, 2.05) is 14.0 Å². The number of carbonyl (C=O) groups is 2. The van der Waals surface area contributed by atoms with Crippen molar-refractivity contribution >= 4 is 11.9 Å². The van der Waals surface area contributed by atoms with Gasteiger partial charge in [0, 0.05) is 13.6 Å². The fourth-order valence-corrected chi connectivity index (χ4v) is 3.22. The standard InChI is InChI=1S/C14H23NO3/c1-8-4-11(12(5-8)14(17)18)13(16)15(3)7-10-6-9(10)2/h8-12H,4-7H2,1-3H3,(H,17,18)/t8?,9?,10?,11-,12+/m0/s1. The molecule has 2 saturated carbocycles. The van der Waals surface area contributed by atoms with Gasteiger partial charge < -0.3 is 10.0 Å². The van der Waals surface area contributed by atoms with E-state index in [0.29, 0.717) is 18.3 Å². The highest BCUT2D eigenvalue weighted by Crippen LogP contribution is 2.40. The fraction of sp³-hybridized carbons (Fsp3) is 0.857. The molecule has 2 aliphatic carbocycles. The van der Waals surface area contributed by atoms with E-state index in [1.54, 1.807) is 4.90 Å². The number of rotatable bonds is 4. The fourth-order valence-electron chi connectivity index (χ4n) is 3.22. The van der Waals surface area contributed by atoms with Gasteiger partial charge in [-0.2, -0.15) is 0 Å². The predicted octanol–water partition coefficient (Wildman–Crippen LogP) is 1.85. The van der Waals surface area contributed by atoms with E-state index in [-0.39, 0.29) is 11.8 Å². The third-order valence-corrected chi connectivity index (χ3v) is 4.59. The van der Waals surface area contributed by atoms with Gasteiger partial charge in [-0.1, -0.05) is 13.8 Å². The van der Waals surface area contributed by atoms with Crippen molar-refractivity contribution in [3.63, 3.8) is 0 Å². The van der Waals surface area contributed by atoms with Crippen LogP contribution >= 0.6 is 0 Å². The summed E-state index contributed by atoms with van der Waals surface area (Å²) in [7, 11) is 1.81. The van der Waals surface area contributed by atoms with Crippen LogP contribution < -0.4 is 0 Å². The van der Waals surface area contributed by atoms with Crippen LogP contribution in [0, 0.1) is 29.6 Å². The van der Waals surface area contributed by atoms with Gasteiger partial charge >= 0.3 is 5.97 Å². The molecule has 0 aromatic heterocycles. The number of nitrogens with zero attached hydrogens (tertiary/aromatic N) is 1. The molecule has 0 spiro atoms. The second-order valence-corrected chi connectivity index (χ2v) is 6.32. The molecule has 0 aromatic carbocycles. The van der Waals surface area contributed by atoms with E-state index in [2.05, 4.69) is 6.92 Å². The van der Waals surface area contributed by atoms with Gasteiger partial charge in [-0.3, -0.25) is 9.59 Å². The smallest absolute Gasteiger partial charge is 0.307 e. The largest absolute Gasteiger partial charge is 0.481 e. The third-order valence-electron chi connectivity index (χ3n) is 4.59. The van der Waals surface area contributed by atoms with Crippen LogP contribution in [-0.2, 0) is 9.59 Å².